The summed E-state index contributed by atoms with van der Waals surface area (Å²) in [5, 5.41) is 11.9. The quantitative estimate of drug-likeness (QED) is 0.691. The van der Waals surface area contributed by atoms with E-state index in [4.69, 9.17) is 5.11 Å². The lowest BCUT2D eigenvalue weighted by Crippen LogP contribution is -2.52. The number of amides is 1. The lowest BCUT2D eigenvalue weighted by atomic mass is 9.92. The number of carbonyl (C=O) groups excluding carboxylic acids is 1. The molecule has 2 fully saturated rings. The summed E-state index contributed by atoms with van der Waals surface area (Å²) in [6.45, 7) is 5.35. The van der Waals surface area contributed by atoms with Gasteiger partial charge >= 0.3 is 0 Å². The number of nitrogens with zero attached hydrogens (tertiary/aromatic N) is 2. The molecule has 0 radical (unpaired) electrons. The van der Waals surface area contributed by atoms with Gasteiger partial charge in [-0.15, -0.1) is 0 Å². The van der Waals surface area contributed by atoms with Crippen LogP contribution in [-0.2, 0) is 17.6 Å². The van der Waals surface area contributed by atoms with Gasteiger partial charge < -0.3 is 10.4 Å². The normalized spacial score (nSPS) is 24.5. The van der Waals surface area contributed by atoms with Crippen molar-refractivity contribution in [2.24, 2.45) is 5.92 Å². The zero-order valence-electron chi connectivity index (χ0n) is 17.7. The van der Waals surface area contributed by atoms with Crippen LogP contribution in [-0.4, -0.2) is 72.2 Å². The molecule has 5 nitrogen and oxygen atoms in total. The Kier molecular flexibility index (Phi) is 7.22. The third kappa shape index (κ3) is 5.19. The molecule has 2 heterocycles. The highest BCUT2D eigenvalue weighted by molar-refractivity contribution is 5.78. The van der Waals surface area contributed by atoms with Crippen LogP contribution in [0.1, 0.15) is 49.7 Å². The van der Waals surface area contributed by atoms with E-state index in [0.717, 1.165) is 38.8 Å². The van der Waals surface area contributed by atoms with Gasteiger partial charge in [0.1, 0.15) is 0 Å². The molecule has 29 heavy (non-hydrogen) atoms. The standard InChI is InChI=1S/C24H37N3O2/c28-15-4-3-11-25-24(29)21-8-5-12-27(18-21)22-9-13-26(14-10-22)23-16-19-6-1-2-7-20(19)17-23/h1-2,6-7,21-23,28H,3-5,8-18H2,(H,25,29). The molecule has 5 heteroatoms. The fourth-order valence-corrected chi connectivity index (χ4v) is 5.55. The zero-order chi connectivity index (χ0) is 20.1. The van der Waals surface area contributed by atoms with Gasteiger partial charge in [-0.3, -0.25) is 14.6 Å². The predicted molar refractivity (Wildman–Crippen MR) is 116 cm³/mol. The van der Waals surface area contributed by atoms with E-state index in [0.29, 0.717) is 18.6 Å². The van der Waals surface area contributed by atoms with Crippen LogP contribution in [0.5, 0.6) is 0 Å². The molecule has 3 aliphatic rings. The highest BCUT2D eigenvalue weighted by Gasteiger charge is 2.34. The molecule has 1 aromatic rings. The van der Waals surface area contributed by atoms with E-state index < -0.39 is 0 Å². The summed E-state index contributed by atoms with van der Waals surface area (Å²) in [5.74, 6) is 0.356. The fourth-order valence-electron chi connectivity index (χ4n) is 5.55. The van der Waals surface area contributed by atoms with Gasteiger partial charge in [0.15, 0.2) is 0 Å². The van der Waals surface area contributed by atoms with Crippen molar-refractivity contribution >= 4 is 5.91 Å². The number of piperidine rings is 2. The number of aliphatic hydroxyl groups excluding tert-OH is 1. The molecule has 1 aromatic carbocycles. The maximum Gasteiger partial charge on any atom is 0.224 e. The Morgan fingerprint density at radius 2 is 1.69 bits per heavy atom. The fraction of sp³-hybridized carbons (Fsp3) is 0.708. The molecule has 1 atom stereocenters. The number of unbranched alkanes of at least 4 members (excludes halogenated alkanes) is 1. The lowest BCUT2D eigenvalue weighted by Gasteiger charge is -2.43. The molecule has 1 aliphatic carbocycles. The molecule has 2 saturated heterocycles. The number of likely N-dealkylation sites (tertiary alicyclic amines) is 2. The Morgan fingerprint density at radius 3 is 2.38 bits per heavy atom. The first-order valence-corrected chi connectivity index (χ1v) is 11.7. The number of aliphatic hydroxyl groups is 1. The van der Waals surface area contributed by atoms with Crippen LogP contribution in [0.15, 0.2) is 24.3 Å². The first-order valence-electron chi connectivity index (χ1n) is 11.7. The summed E-state index contributed by atoms with van der Waals surface area (Å²) in [5.41, 5.74) is 3.09. The smallest absolute Gasteiger partial charge is 0.224 e. The highest BCUT2D eigenvalue weighted by atomic mass is 16.3. The van der Waals surface area contributed by atoms with Crippen molar-refractivity contribution in [3.63, 3.8) is 0 Å². The topological polar surface area (TPSA) is 55.8 Å². The average Bonchev–Trinajstić information content (AvgIpc) is 3.21. The Balaban J connectivity index is 1.22. The van der Waals surface area contributed by atoms with Gasteiger partial charge in [0.25, 0.3) is 0 Å². The molecule has 0 bridgehead atoms. The number of fused-ring (bicyclic) bond motifs is 1. The van der Waals surface area contributed by atoms with E-state index in [2.05, 4.69) is 39.4 Å². The third-order valence-electron chi connectivity index (χ3n) is 7.27. The van der Waals surface area contributed by atoms with Gasteiger partial charge in [-0.1, -0.05) is 24.3 Å². The van der Waals surface area contributed by atoms with Crippen molar-refractivity contribution in [2.75, 3.05) is 39.3 Å². The van der Waals surface area contributed by atoms with E-state index >= 15 is 0 Å². The molecule has 0 saturated carbocycles. The van der Waals surface area contributed by atoms with Crippen LogP contribution < -0.4 is 5.32 Å². The van der Waals surface area contributed by atoms with Gasteiger partial charge in [0.05, 0.1) is 5.92 Å². The third-order valence-corrected chi connectivity index (χ3v) is 7.27. The number of nitrogens with one attached hydrogen (secondary N) is 1. The van der Waals surface area contributed by atoms with Crippen LogP contribution in [0.2, 0.25) is 0 Å². The molecule has 1 amide bonds. The SMILES string of the molecule is O=C(NCCCCO)C1CCCN(C2CCN(C3Cc4ccccc4C3)CC2)C1. The monoisotopic (exact) mass is 399 g/mol. The van der Waals surface area contributed by atoms with Gasteiger partial charge in [0.2, 0.25) is 5.91 Å². The molecule has 4 rings (SSSR count). The second-order valence-electron chi connectivity index (χ2n) is 9.15. The van der Waals surface area contributed by atoms with Crippen molar-refractivity contribution in [3.8, 4) is 0 Å². The summed E-state index contributed by atoms with van der Waals surface area (Å²) < 4.78 is 0. The lowest BCUT2D eigenvalue weighted by molar-refractivity contribution is -0.127. The minimum atomic E-state index is 0.139. The molecule has 1 unspecified atom stereocenters. The highest BCUT2D eigenvalue weighted by Crippen LogP contribution is 2.29. The van der Waals surface area contributed by atoms with Crippen molar-refractivity contribution in [2.45, 2.75) is 63.5 Å². The van der Waals surface area contributed by atoms with E-state index in [-0.39, 0.29) is 18.4 Å². The summed E-state index contributed by atoms with van der Waals surface area (Å²) in [6, 6.07) is 10.3. The second kappa shape index (κ2) is 10.1. The molecular formula is C24H37N3O2. The Bertz CT molecular complexity index is 647. The van der Waals surface area contributed by atoms with Crippen LogP contribution in [0.4, 0.5) is 0 Å². The van der Waals surface area contributed by atoms with Crippen LogP contribution in [0, 0.1) is 5.92 Å². The summed E-state index contributed by atoms with van der Waals surface area (Å²) >= 11 is 0. The minimum Gasteiger partial charge on any atom is -0.396 e. The first-order chi connectivity index (χ1) is 14.2. The van der Waals surface area contributed by atoms with E-state index in [1.54, 1.807) is 11.1 Å². The number of hydrogen-bond acceptors (Lipinski definition) is 4. The van der Waals surface area contributed by atoms with Crippen molar-refractivity contribution < 1.29 is 9.90 Å². The predicted octanol–water partition coefficient (Wildman–Crippen LogP) is 2.22. The van der Waals surface area contributed by atoms with Crippen LogP contribution >= 0.6 is 0 Å². The molecule has 0 spiro atoms. The summed E-state index contributed by atoms with van der Waals surface area (Å²) in [4.78, 5) is 17.8. The molecule has 2 aliphatic heterocycles. The first kappa shape index (κ1) is 20.8. The van der Waals surface area contributed by atoms with Gasteiger partial charge in [-0.25, -0.2) is 0 Å². The maximum absolute atomic E-state index is 12.5. The maximum atomic E-state index is 12.5. The van der Waals surface area contributed by atoms with E-state index in [1.165, 1.54) is 38.8 Å². The Hall–Kier alpha value is -1.43. The van der Waals surface area contributed by atoms with Gasteiger partial charge in [-0.2, -0.15) is 0 Å². The Labute approximate surface area is 175 Å². The van der Waals surface area contributed by atoms with Crippen molar-refractivity contribution in [3.05, 3.63) is 35.4 Å². The average molecular weight is 400 g/mol. The number of hydrogen-bond donors (Lipinski definition) is 2. The van der Waals surface area contributed by atoms with E-state index in [9.17, 15) is 4.79 Å². The van der Waals surface area contributed by atoms with Crippen molar-refractivity contribution in [1.29, 1.82) is 0 Å². The number of rotatable bonds is 7. The number of benzene rings is 1. The number of carbonyl (C=O) groups is 1. The largest absolute Gasteiger partial charge is 0.396 e. The van der Waals surface area contributed by atoms with Crippen LogP contribution in [0.25, 0.3) is 0 Å². The molecule has 160 valence electrons. The zero-order valence-corrected chi connectivity index (χ0v) is 17.7. The summed E-state index contributed by atoms with van der Waals surface area (Å²) in [7, 11) is 0. The summed E-state index contributed by atoms with van der Waals surface area (Å²) in [6.07, 6.45) is 8.67. The van der Waals surface area contributed by atoms with E-state index in [1.807, 2.05) is 0 Å². The van der Waals surface area contributed by atoms with Gasteiger partial charge in [-0.05, 0) is 82.1 Å². The molecular weight excluding hydrogens is 362 g/mol. The van der Waals surface area contributed by atoms with Crippen LogP contribution in [0.3, 0.4) is 0 Å². The van der Waals surface area contributed by atoms with Crippen molar-refractivity contribution in [1.82, 2.24) is 15.1 Å². The molecule has 0 aromatic heterocycles. The second-order valence-corrected chi connectivity index (χ2v) is 9.15. The van der Waals surface area contributed by atoms with Gasteiger partial charge in [0, 0.05) is 31.8 Å². The molecule has 2 N–H and O–H groups in total. The Morgan fingerprint density at radius 1 is 0.966 bits per heavy atom. The minimum absolute atomic E-state index is 0.139.